The third-order valence-corrected chi connectivity index (χ3v) is 41.0. The van der Waals surface area contributed by atoms with E-state index in [4.69, 9.17) is 71.9 Å². The maximum absolute atomic E-state index is 12.2. The number of hydrogen-bond donors (Lipinski definition) is 2. The summed E-state index contributed by atoms with van der Waals surface area (Å²) >= 11 is 0. The van der Waals surface area contributed by atoms with Crippen LogP contribution in [0, 0.1) is 53.3 Å². The number of aliphatic hydroxyl groups is 2. The van der Waals surface area contributed by atoms with E-state index in [0.717, 1.165) is 0 Å². The van der Waals surface area contributed by atoms with Crippen molar-refractivity contribution >= 4 is 88.7 Å². The summed E-state index contributed by atoms with van der Waals surface area (Å²) in [5.74, 6) is -2.02. The van der Waals surface area contributed by atoms with Gasteiger partial charge < -0.3 is 57.6 Å². The van der Waals surface area contributed by atoms with Gasteiger partial charge in [0, 0.05) is 74.0 Å². The molecule has 37 unspecified atom stereocenters. The van der Waals surface area contributed by atoms with Gasteiger partial charge in [-0.1, -0.05) is 55.4 Å². The van der Waals surface area contributed by atoms with Crippen LogP contribution in [-0.2, 0) is 162 Å². The Morgan fingerprint density at radius 1 is 0.421 bits per heavy atom. The summed E-state index contributed by atoms with van der Waals surface area (Å²) in [6.07, 6.45) is -1.77. The Labute approximate surface area is 621 Å². The van der Waals surface area contributed by atoms with Crippen molar-refractivity contribution in [2.24, 2.45) is 53.3 Å². The van der Waals surface area contributed by atoms with Gasteiger partial charge in [0.05, 0.1) is 55.9 Å². The molecule has 2 N–H and O–H groups in total. The van der Waals surface area contributed by atoms with Crippen LogP contribution in [0.15, 0.2) is 0 Å². The summed E-state index contributed by atoms with van der Waals surface area (Å²) in [6.45, 7) is 24.4. The zero-order valence-electron chi connectivity index (χ0n) is 61.2. The lowest BCUT2D eigenvalue weighted by Crippen LogP contribution is -2.51. The van der Waals surface area contributed by atoms with Crippen LogP contribution in [0.2, 0.25) is 0 Å². The maximum atomic E-state index is 12.2. The quantitative estimate of drug-likeness (QED) is 0.176. The first-order valence-corrected chi connectivity index (χ1v) is 46.2. The molecule has 21 saturated heterocycles. The van der Waals surface area contributed by atoms with Gasteiger partial charge in [-0.25, -0.2) is 0 Å². The molecule has 43 heteroatoms. The molecule has 0 aromatic rings. The van der Waals surface area contributed by atoms with Crippen molar-refractivity contribution in [3.05, 3.63) is 0 Å². The molecule has 36 nitrogen and oxygen atoms in total. The van der Waals surface area contributed by atoms with E-state index in [0.29, 0.717) is 19.3 Å². The smallest absolute Gasteiger partial charge is 0.312 e. The minimum Gasteiger partial charge on any atom is -0.469 e. The van der Waals surface area contributed by atoms with Crippen molar-refractivity contribution in [3.8, 4) is 0 Å². The number of carbonyl (C=O) groups excluding carboxylic acids is 3. The predicted molar refractivity (Wildman–Crippen MR) is 357 cm³/mol. The summed E-state index contributed by atoms with van der Waals surface area (Å²) in [5, 5.41) is 14.9. The number of aliphatic hydroxyl groups excluding tert-OH is 2. The van der Waals surface area contributed by atoms with Crippen LogP contribution in [0.4, 0.5) is 0 Å². The molecule has 21 aliphatic heterocycles. The van der Waals surface area contributed by atoms with E-state index >= 15 is 0 Å². The van der Waals surface area contributed by atoms with Gasteiger partial charge in [-0.2, -0.15) is 58.9 Å². The van der Waals surface area contributed by atoms with E-state index in [2.05, 4.69) is 4.74 Å². The molecule has 0 aromatic heterocycles. The minimum atomic E-state index is -3.80. The Morgan fingerprint density at radius 2 is 0.925 bits per heavy atom. The Kier molecular flexibility index (Phi) is 18.4. The first-order valence-electron chi connectivity index (χ1n) is 36.0. The van der Waals surface area contributed by atoms with E-state index < -0.39 is 202 Å². The van der Waals surface area contributed by atoms with Crippen molar-refractivity contribution in [1.82, 2.24) is 0 Å². The summed E-state index contributed by atoms with van der Waals surface area (Å²) in [4.78, 5) is 33.8. The lowest BCUT2D eigenvalue weighted by atomic mass is 9.73. The van der Waals surface area contributed by atoms with Gasteiger partial charge in [0.15, 0.2) is 0 Å². The maximum Gasteiger partial charge on any atom is 0.312 e. The van der Waals surface area contributed by atoms with E-state index in [-0.39, 0.29) is 141 Å². The lowest BCUT2D eigenvalue weighted by molar-refractivity contribution is -0.162. The molecule has 107 heavy (non-hydrogen) atoms. The Bertz CT molecular complexity index is 4550. The Hall–Kier alpha value is -2.58. The molecule has 21 fully saturated rings. The summed E-state index contributed by atoms with van der Waals surface area (Å²) in [5.41, 5.74) is -5.67. The lowest BCUT2D eigenvalue weighted by Gasteiger charge is -2.31. The van der Waals surface area contributed by atoms with E-state index in [1.165, 1.54) is 21.0 Å². The number of rotatable bonds is 7. The van der Waals surface area contributed by atoms with Gasteiger partial charge >= 0.3 is 17.9 Å². The molecule has 21 aliphatic rings. The highest BCUT2D eigenvalue weighted by molar-refractivity contribution is 7.89. The molecule has 608 valence electrons. The fourth-order valence-corrected chi connectivity index (χ4v) is 35.7. The fourth-order valence-electron chi connectivity index (χ4n) is 22.2. The van der Waals surface area contributed by atoms with Crippen LogP contribution >= 0.6 is 0 Å². The largest absolute Gasteiger partial charge is 0.469 e. The number of fused-ring (bicyclic) bond motifs is 7. The molecule has 0 radical (unpaired) electrons. The van der Waals surface area contributed by atoms with Crippen LogP contribution in [0.25, 0.3) is 0 Å². The first-order chi connectivity index (χ1) is 49.2. The highest BCUT2D eigenvalue weighted by atomic mass is 32.2. The molecule has 0 amide bonds. The normalized spacial score (nSPS) is 56.1. The second kappa shape index (κ2) is 24.7. The molecule has 21 rings (SSSR count). The number of methoxy groups -OCH3 is 1. The fraction of sp³-hybridized carbons (Fsp3) is 0.953. The average molecular weight is 1660 g/mol. The topological polar surface area (TPSA) is 488 Å². The molecular formula is C64H94O36S7. The van der Waals surface area contributed by atoms with E-state index in [1.807, 2.05) is 62.3 Å². The van der Waals surface area contributed by atoms with Crippen molar-refractivity contribution < 1.29 is 160 Å². The first kappa shape index (κ1) is 79.6. The van der Waals surface area contributed by atoms with Gasteiger partial charge in [0.2, 0.25) is 0 Å². The van der Waals surface area contributed by atoms with E-state index in [9.17, 15) is 83.5 Å². The van der Waals surface area contributed by atoms with Crippen molar-refractivity contribution in [2.75, 3.05) is 33.5 Å². The molecule has 21 heterocycles. The molecular weight excluding hydrogens is 1570 g/mol. The van der Waals surface area contributed by atoms with Crippen LogP contribution in [0.5, 0.6) is 0 Å². The molecule has 0 saturated carbocycles. The average Bonchev–Trinajstić information content (AvgIpc) is 1.50. The summed E-state index contributed by atoms with van der Waals surface area (Å²) in [6, 6.07) is 0. The van der Waals surface area contributed by atoms with Crippen molar-refractivity contribution in [3.63, 3.8) is 0 Å². The minimum absolute atomic E-state index is 0.0444. The van der Waals surface area contributed by atoms with Gasteiger partial charge in [-0.3, -0.25) is 43.7 Å². The highest BCUT2D eigenvalue weighted by Crippen LogP contribution is 2.66. The monoisotopic (exact) mass is 1660 g/mol. The van der Waals surface area contributed by atoms with Gasteiger partial charge in [-0.15, -0.1) is 0 Å². The predicted octanol–water partition coefficient (Wildman–Crippen LogP) is -0.967. The van der Waals surface area contributed by atoms with Gasteiger partial charge in [0.1, 0.15) is 144 Å². The standard InChI is InChI=1S/C13H18O8S.C9H14O6S.C9H12O6S.C9H14O4S.3C8H12O4S/c1-7-11-13(6-19-9(3)15)10(22(16,17)20-11)4-12(7,21-13)5-18-8(2)14;1-5-7-9(4-11)6(16(12,13)14-7)2-8(5,3-10)15-9;1-3-5-4(9(10)13-2)8-7(14-5)6(3)15-16(8,11)12;1-5-7-9(3)6(14(10,11)12-7)4-8(5,2)13-9;1-4-5-3-8(2)7(11-5)6(4)12-13(8,9)10;1-4-5-3-6-8(2,11-5)7(4)12-13(6,9)10;1-3-5-4(2)8-7(11-5)6(3)12-13(8,9)10/h7,10-11H,4-6H2,1-3H3;5-7,10-11H,2-4H2,1H3;3-8H,1-2H3;5-7H,4H2,1-3H3;2*4-7H,3H2,1-2H3;3-8H,1-2H3. The van der Waals surface area contributed by atoms with Gasteiger partial charge in [-0.05, 0) is 47.0 Å². The molecule has 14 bridgehead atoms. The number of hydrogen-bond acceptors (Lipinski definition) is 36. The number of esters is 3. The number of ether oxygens (including phenoxy) is 10. The van der Waals surface area contributed by atoms with Gasteiger partial charge in [0.25, 0.3) is 70.8 Å². The molecule has 0 aliphatic carbocycles. The summed E-state index contributed by atoms with van der Waals surface area (Å²) in [7, 11) is -23.4. The van der Waals surface area contributed by atoms with Crippen molar-refractivity contribution in [1.29, 1.82) is 0 Å². The highest BCUT2D eigenvalue weighted by Gasteiger charge is 2.82. The Balaban J connectivity index is 0.000000100. The third kappa shape index (κ3) is 10.9. The molecule has 37 atom stereocenters. The Morgan fingerprint density at radius 3 is 1.45 bits per heavy atom. The third-order valence-electron chi connectivity index (χ3n) is 28.2. The zero-order chi connectivity index (χ0) is 78.4. The van der Waals surface area contributed by atoms with Crippen LogP contribution in [0.1, 0.15) is 129 Å². The summed E-state index contributed by atoms with van der Waals surface area (Å²) < 4.78 is 254. The molecule has 0 spiro atoms. The zero-order valence-corrected chi connectivity index (χ0v) is 67.0. The van der Waals surface area contributed by atoms with E-state index in [1.54, 1.807) is 20.8 Å². The molecule has 0 aromatic carbocycles. The van der Waals surface area contributed by atoms with Crippen LogP contribution < -0.4 is 0 Å². The van der Waals surface area contributed by atoms with Crippen LogP contribution in [0.3, 0.4) is 0 Å². The second-order valence-corrected chi connectivity index (χ2v) is 46.4. The second-order valence-electron chi connectivity index (χ2n) is 33.9. The van der Waals surface area contributed by atoms with Crippen LogP contribution in [-0.4, -0.2) is 281 Å². The number of carbonyl (C=O) groups is 3. The SMILES string of the molecule is CC(=O)OCC12CC3C(COC(C)=O)(O1)C(OS3(=O)=O)C2C.CC1C2CC3(C)C(O2)C1OS3(=O)=O.CC1C2CC3C(C)(O2)C1OS3(=O)=O.CC1C2OC3C1OS(=O)(=O)C3C2C.CC1C2OS(=O)(=O)C3CC1(C)OC23C.CC1C2OS(=O)(=O)C3CC1(CO)OC23CO.COC(=O)C1C2OC3C(OS(=O)(=O)C31)C2C. The van der Waals surface area contributed by atoms with Crippen molar-refractivity contribution in [2.45, 2.75) is 290 Å².